The first-order chi connectivity index (χ1) is 16.5. The molecule has 1 aliphatic carbocycles. The molecule has 0 radical (unpaired) electrons. The quantitative estimate of drug-likeness (QED) is 0.389. The minimum Gasteiger partial charge on any atom is -0.481 e. The van der Waals surface area contributed by atoms with Crippen LogP contribution < -0.4 is 10.6 Å². The number of unbranched alkanes of at least 4 members (excludes halogenated alkanes) is 2. The highest BCUT2D eigenvalue weighted by Crippen LogP contribution is 2.44. The molecule has 0 saturated carbocycles. The summed E-state index contributed by atoms with van der Waals surface area (Å²) in [5.41, 5.74) is 2.77. The van der Waals surface area contributed by atoms with Gasteiger partial charge in [-0.15, -0.1) is 0 Å². The Morgan fingerprint density at radius 1 is 0.886 bits per heavy atom. The van der Waals surface area contributed by atoms with Gasteiger partial charge in [0.05, 0.1) is 5.41 Å². The van der Waals surface area contributed by atoms with Crippen molar-refractivity contribution in [3.63, 3.8) is 0 Å². The van der Waals surface area contributed by atoms with E-state index in [0.717, 1.165) is 12.8 Å². The maximum absolute atomic E-state index is 12.3. The number of nitrogens with one attached hydrogen (secondary N) is 2. The Morgan fingerprint density at radius 2 is 1.46 bits per heavy atom. The fourth-order valence-corrected chi connectivity index (χ4v) is 4.26. The van der Waals surface area contributed by atoms with E-state index in [1.165, 1.54) is 22.3 Å². The van der Waals surface area contributed by atoms with Crippen LogP contribution in [0.25, 0.3) is 11.1 Å². The summed E-state index contributed by atoms with van der Waals surface area (Å²) < 4.78 is 5.53. The molecular weight excluding hydrogens is 444 g/mol. The maximum atomic E-state index is 12.3. The van der Waals surface area contributed by atoms with Crippen molar-refractivity contribution < 1.29 is 24.2 Å². The summed E-state index contributed by atoms with van der Waals surface area (Å²) in [5.74, 6) is -1.10. The third-order valence-electron chi connectivity index (χ3n) is 7.24. The van der Waals surface area contributed by atoms with E-state index in [0.29, 0.717) is 19.4 Å². The summed E-state index contributed by atoms with van der Waals surface area (Å²) in [6.07, 6.45) is 2.01. The van der Waals surface area contributed by atoms with Crippen LogP contribution in [0.2, 0.25) is 0 Å². The normalized spacial score (nSPS) is 13.0. The van der Waals surface area contributed by atoms with E-state index in [-0.39, 0.29) is 18.4 Å². The lowest BCUT2D eigenvalue weighted by Crippen LogP contribution is -2.56. The average Bonchev–Trinajstić information content (AvgIpc) is 3.13. The van der Waals surface area contributed by atoms with Gasteiger partial charge in [0.2, 0.25) is 5.91 Å². The molecule has 3 rings (SSSR count). The number of hydrogen-bond acceptors (Lipinski definition) is 4. The number of carbonyl (C=O) groups excluding carboxylic acids is 2. The van der Waals surface area contributed by atoms with Gasteiger partial charge in [-0.05, 0) is 62.8 Å². The molecule has 35 heavy (non-hydrogen) atoms. The van der Waals surface area contributed by atoms with Gasteiger partial charge in [0.15, 0.2) is 0 Å². The molecule has 2 aromatic rings. The van der Waals surface area contributed by atoms with Gasteiger partial charge < -0.3 is 20.5 Å². The number of alkyl carbamates (subject to hydrolysis) is 1. The van der Waals surface area contributed by atoms with Gasteiger partial charge in [0, 0.05) is 24.4 Å². The van der Waals surface area contributed by atoms with Crippen LogP contribution in [0, 0.1) is 5.41 Å². The molecule has 0 unspecified atom stereocenters. The summed E-state index contributed by atoms with van der Waals surface area (Å²) in [5, 5.41) is 15.0. The molecule has 0 atom stereocenters. The Hall–Kier alpha value is -3.35. The van der Waals surface area contributed by atoms with Crippen LogP contribution in [-0.4, -0.2) is 41.8 Å². The number of carboxylic acid groups (broad SMARTS) is 1. The van der Waals surface area contributed by atoms with Crippen molar-refractivity contribution in [2.75, 3.05) is 13.2 Å². The zero-order valence-electron chi connectivity index (χ0n) is 21.0. The van der Waals surface area contributed by atoms with Crippen LogP contribution in [0.4, 0.5) is 4.79 Å². The first kappa shape index (κ1) is 26.3. The van der Waals surface area contributed by atoms with Gasteiger partial charge in [0.25, 0.3) is 0 Å². The minimum atomic E-state index is -1.09. The maximum Gasteiger partial charge on any atom is 0.407 e. The molecule has 0 heterocycles. The Bertz CT molecular complexity index is 1030. The molecule has 1 aliphatic rings. The lowest BCUT2D eigenvalue weighted by atomic mass is 9.74. The predicted octanol–water partition coefficient (Wildman–Crippen LogP) is 5.09. The molecule has 0 aliphatic heterocycles. The molecule has 2 amide bonds. The zero-order chi connectivity index (χ0) is 25.6. The first-order valence-electron chi connectivity index (χ1n) is 12.2. The van der Waals surface area contributed by atoms with Crippen LogP contribution in [-0.2, 0) is 14.3 Å². The third-order valence-corrected chi connectivity index (χ3v) is 7.24. The summed E-state index contributed by atoms with van der Waals surface area (Å²) in [6.45, 7) is 7.39. The Kier molecular flexibility index (Phi) is 8.20. The molecule has 0 spiro atoms. The largest absolute Gasteiger partial charge is 0.481 e. The van der Waals surface area contributed by atoms with Crippen LogP contribution >= 0.6 is 0 Å². The zero-order valence-corrected chi connectivity index (χ0v) is 21.0. The van der Waals surface area contributed by atoms with Crippen molar-refractivity contribution >= 4 is 18.0 Å². The Balaban J connectivity index is 1.35. The second kappa shape index (κ2) is 10.9. The van der Waals surface area contributed by atoms with Gasteiger partial charge in [-0.25, -0.2) is 4.79 Å². The molecule has 7 nitrogen and oxygen atoms in total. The van der Waals surface area contributed by atoms with E-state index in [2.05, 4.69) is 34.9 Å². The van der Waals surface area contributed by atoms with Gasteiger partial charge in [-0.1, -0.05) is 55.0 Å². The monoisotopic (exact) mass is 480 g/mol. The van der Waals surface area contributed by atoms with E-state index < -0.39 is 23.0 Å². The Labute approximate surface area is 207 Å². The van der Waals surface area contributed by atoms with Gasteiger partial charge in [-0.3, -0.25) is 9.59 Å². The number of carboxylic acids is 1. The lowest BCUT2D eigenvalue weighted by molar-refractivity contribution is -0.151. The van der Waals surface area contributed by atoms with Gasteiger partial charge >= 0.3 is 12.1 Å². The molecule has 7 heteroatoms. The fourth-order valence-electron chi connectivity index (χ4n) is 4.26. The number of amides is 2. The fraction of sp³-hybridized carbons (Fsp3) is 0.464. The number of rotatable bonds is 11. The van der Waals surface area contributed by atoms with E-state index in [1.54, 1.807) is 27.7 Å². The SMILES string of the molecule is CC(C)(NC(=O)CCCCCNC(=O)OCC1c2ccccc2-c2ccccc21)C(C)(C)C(=O)O. The van der Waals surface area contributed by atoms with Crippen molar-refractivity contribution in [3.8, 4) is 11.1 Å². The van der Waals surface area contributed by atoms with Crippen LogP contribution in [0.3, 0.4) is 0 Å². The average molecular weight is 481 g/mol. The van der Waals surface area contributed by atoms with Gasteiger partial charge in [-0.2, -0.15) is 0 Å². The first-order valence-corrected chi connectivity index (χ1v) is 12.2. The number of fused-ring (bicyclic) bond motifs is 3. The molecule has 2 aromatic carbocycles. The van der Waals surface area contributed by atoms with Crippen molar-refractivity contribution in [3.05, 3.63) is 59.7 Å². The van der Waals surface area contributed by atoms with E-state index in [9.17, 15) is 19.5 Å². The van der Waals surface area contributed by atoms with Crippen molar-refractivity contribution in [2.45, 2.75) is 64.8 Å². The van der Waals surface area contributed by atoms with Crippen molar-refractivity contribution in [1.82, 2.24) is 10.6 Å². The number of hydrogen-bond donors (Lipinski definition) is 3. The molecule has 0 saturated heterocycles. The summed E-state index contributed by atoms with van der Waals surface area (Å²) in [6, 6.07) is 16.4. The van der Waals surface area contributed by atoms with E-state index in [1.807, 2.05) is 24.3 Å². The number of aliphatic carboxylic acids is 1. The summed E-state index contributed by atoms with van der Waals surface area (Å²) >= 11 is 0. The smallest absolute Gasteiger partial charge is 0.407 e. The standard InChI is InChI=1S/C28H36N2O5/c1-27(2,25(32)33)28(3,4)30-24(31)16-6-5-11-17-29-26(34)35-18-23-21-14-9-7-12-19(21)20-13-8-10-15-22(20)23/h7-10,12-15,23H,5-6,11,16-18H2,1-4H3,(H,29,34)(H,30,31)(H,32,33). The number of carbonyl (C=O) groups is 3. The summed E-state index contributed by atoms with van der Waals surface area (Å²) in [4.78, 5) is 36.0. The van der Waals surface area contributed by atoms with E-state index >= 15 is 0 Å². The van der Waals surface area contributed by atoms with Crippen molar-refractivity contribution in [1.29, 1.82) is 0 Å². The molecule has 188 valence electrons. The third kappa shape index (κ3) is 6.02. The highest BCUT2D eigenvalue weighted by atomic mass is 16.5. The highest BCUT2D eigenvalue weighted by Gasteiger charge is 2.44. The minimum absolute atomic E-state index is 0.0296. The Morgan fingerprint density at radius 3 is 2.03 bits per heavy atom. The lowest BCUT2D eigenvalue weighted by Gasteiger charge is -2.38. The van der Waals surface area contributed by atoms with E-state index in [4.69, 9.17) is 4.74 Å². The molecule has 0 aromatic heterocycles. The highest BCUT2D eigenvalue weighted by molar-refractivity contribution is 5.81. The summed E-state index contributed by atoms with van der Waals surface area (Å²) in [7, 11) is 0. The predicted molar refractivity (Wildman–Crippen MR) is 135 cm³/mol. The number of ether oxygens (including phenoxy) is 1. The van der Waals surface area contributed by atoms with Gasteiger partial charge in [0.1, 0.15) is 6.61 Å². The van der Waals surface area contributed by atoms with Crippen molar-refractivity contribution in [2.24, 2.45) is 5.41 Å². The molecular formula is C28H36N2O5. The number of benzene rings is 2. The van der Waals surface area contributed by atoms with Crippen LogP contribution in [0.1, 0.15) is 70.4 Å². The molecule has 3 N–H and O–H groups in total. The van der Waals surface area contributed by atoms with Crippen LogP contribution in [0.5, 0.6) is 0 Å². The topological polar surface area (TPSA) is 105 Å². The molecule has 0 bridgehead atoms. The second-order valence-electron chi connectivity index (χ2n) is 10.2. The molecule has 0 fully saturated rings. The van der Waals surface area contributed by atoms with Crippen LogP contribution in [0.15, 0.2) is 48.5 Å². The second-order valence-corrected chi connectivity index (χ2v) is 10.2.